The summed E-state index contributed by atoms with van der Waals surface area (Å²) >= 11 is 0. The van der Waals surface area contributed by atoms with Crippen LogP contribution in [0, 0.1) is 32.1 Å². The normalized spacial score (nSPS) is 10.1. The van der Waals surface area contributed by atoms with Gasteiger partial charge in [-0.2, -0.15) is 5.26 Å². The Labute approximate surface area is 107 Å². The molecule has 1 aromatic carbocycles. The molecule has 2 aromatic rings. The highest BCUT2D eigenvalue weighted by Crippen LogP contribution is 2.32. The van der Waals surface area contributed by atoms with Crippen molar-refractivity contribution in [1.29, 1.82) is 5.26 Å². The van der Waals surface area contributed by atoms with Crippen molar-refractivity contribution in [3.63, 3.8) is 0 Å². The molecule has 0 aliphatic heterocycles. The quantitative estimate of drug-likeness (QED) is 0.828. The Morgan fingerprint density at radius 2 is 1.78 bits per heavy atom. The molecule has 3 nitrogen and oxygen atoms in total. The zero-order valence-corrected chi connectivity index (χ0v) is 10.8. The molecule has 0 amide bonds. The Kier molecular flexibility index (Phi) is 3.03. The number of benzene rings is 1. The van der Waals surface area contributed by atoms with Crippen LogP contribution in [0.25, 0.3) is 11.1 Å². The molecule has 0 atom stereocenters. The van der Waals surface area contributed by atoms with Gasteiger partial charge in [-0.25, -0.2) is 4.98 Å². The Hall–Kier alpha value is -2.34. The second-order valence-electron chi connectivity index (χ2n) is 4.50. The highest BCUT2D eigenvalue weighted by molar-refractivity contribution is 5.79. The van der Waals surface area contributed by atoms with Crippen LogP contribution in [0.1, 0.15) is 22.3 Å². The Bertz CT molecular complexity index is 628. The van der Waals surface area contributed by atoms with Crippen molar-refractivity contribution in [2.24, 2.45) is 0 Å². The van der Waals surface area contributed by atoms with Gasteiger partial charge in [0.1, 0.15) is 17.5 Å². The van der Waals surface area contributed by atoms with Gasteiger partial charge in [0, 0.05) is 11.8 Å². The molecule has 0 bridgehead atoms. The maximum atomic E-state index is 9.23. The van der Waals surface area contributed by atoms with E-state index in [1.165, 1.54) is 5.56 Å². The van der Waals surface area contributed by atoms with E-state index in [9.17, 15) is 5.26 Å². The van der Waals surface area contributed by atoms with Crippen LogP contribution in [0.3, 0.4) is 0 Å². The van der Waals surface area contributed by atoms with Gasteiger partial charge in [0.2, 0.25) is 0 Å². The molecule has 0 radical (unpaired) electrons. The smallest absolute Gasteiger partial charge is 0.141 e. The van der Waals surface area contributed by atoms with Gasteiger partial charge in [-0.05, 0) is 43.5 Å². The van der Waals surface area contributed by atoms with Gasteiger partial charge >= 0.3 is 0 Å². The van der Waals surface area contributed by atoms with Crippen LogP contribution in [0.5, 0.6) is 0 Å². The van der Waals surface area contributed by atoms with E-state index in [1.807, 2.05) is 19.9 Å². The first kappa shape index (κ1) is 12.1. The molecule has 2 rings (SSSR count). The fourth-order valence-corrected chi connectivity index (χ4v) is 2.41. The molecular weight excluding hydrogens is 222 g/mol. The lowest BCUT2D eigenvalue weighted by Crippen LogP contribution is -1.99. The summed E-state index contributed by atoms with van der Waals surface area (Å²) in [6.07, 6.45) is 1.64. The average molecular weight is 237 g/mol. The second-order valence-corrected chi connectivity index (χ2v) is 4.50. The number of nitriles is 1. The van der Waals surface area contributed by atoms with Gasteiger partial charge in [0.25, 0.3) is 0 Å². The SMILES string of the molecule is Cc1cc(C)c(-c2ccnc(N)c2C#N)c(C)c1. The summed E-state index contributed by atoms with van der Waals surface area (Å²) in [7, 11) is 0. The third-order valence-corrected chi connectivity index (χ3v) is 3.04. The number of pyridine rings is 1. The molecule has 1 aromatic heterocycles. The number of rotatable bonds is 1. The lowest BCUT2D eigenvalue weighted by Gasteiger charge is -2.13. The Morgan fingerprint density at radius 3 is 2.33 bits per heavy atom. The minimum absolute atomic E-state index is 0.286. The van der Waals surface area contributed by atoms with Crippen LogP contribution in [-0.2, 0) is 0 Å². The van der Waals surface area contributed by atoms with E-state index in [2.05, 4.69) is 30.1 Å². The molecule has 90 valence electrons. The summed E-state index contributed by atoms with van der Waals surface area (Å²) < 4.78 is 0. The molecule has 2 N–H and O–H groups in total. The summed E-state index contributed by atoms with van der Waals surface area (Å²) in [5.74, 6) is 0.286. The van der Waals surface area contributed by atoms with Crippen LogP contribution >= 0.6 is 0 Å². The molecule has 0 aliphatic carbocycles. The standard InChI is InChI=1S/C15H15N3/c1-9-6-10(2)14(11(3)7-9)12-4-5-18-15(17)13(12)8-16/h4-7H,1-3H3,(H2,17,18). The Morgan fingerprint density at radius 1 is 1.17 bits per heavy atom. The van der Waals surface area contributed by atoms with E-state index in [1.54, 1.807) is 6.20 Å². The largest absolute Gasteiger partial charge is 0.383 e. The fourth-order valence-electron chi connectivity index (χ4n) is 2.41. The first-order valence-corrected chi connectivity index (χ1v) is 5.77. The second kappa shape index (κ2) is 4.50. The van der Waals surface area contributed by atoms with Crippen molar-refractivity contribution in [2.45, 2.75) is 20.8 Å². The van der Waals surface area contributed by atoms with Crippen LogP contribution in [0.15, 0.2) is 24.4 Å². The molecule has 0 saturated carbocycles. The number of anilines is 1. The molecule has 0 saturated heterocycles. The van der Waals surface area contributed by atoms with Gasteiger partial charge < -0.3 is 5.73 Å². The average Bonchev–Trinajstić information content (AvgIpc) is 2.27. The van der Waals surface area contributed by atoms with Gasteiger partial charge in [0.15, 0.2) is 0 Å². The van der Waals surface area contributed by atoms with Crippen molar-refractivity contribution in [3.8, 4) is 17.2 Å². The van der Waals surface area contributed by atoms with Gasteiger partial charge in [-0.15, -0.1) is 0 Å². The highest BCUT2D eigenvalue weighted by Gasteiger charge is 2.13. The molecule has 0 fully saturated rings. The number of nitrogen functional groups attached to an aromatic ring is 1. The van der Waals surface area contributed by atoms with E-state index in [0.29, 0.717) is 5.56 Å². The molecule has 0 aliphatic rings. The summed E-state index contributed by atoms with van der Waals surface area (Å²) in [4.78, 5) is 3.97. The van der Waals surface area contributed by atoms with Crippen molar-refractivity contribution < 1.29 is 0 Å². The van der Waals surface area contributed by atoms with Crippen LogP contribution in [-0.4, -0.2) is 4.98 Å². The first-order valence-electron chi connectivity index (χ1n) is 5.77. The molecule has 0 unspecified atom stereocenters. The first-order chi connectivity index (χ1) is 8.54. The minimum atomic E-state index is 0.286. The maximum Gasteiger partial charge on any atom is 0.141 e. The number of aromatic nitrogens is 1. The summed E-state index contributed by atoms with van der Waals surface area (Å²) in [5.41, 5.74) is 11.7. The van der Waals surface area contributed by atoms with E-state index >= 15 is 0 Å². The Balaban J connectivity index is 2.79. The van der Waals surface area contributed by atoms with Gasteiger partial charge in [-0.3, -0.25) is 0 Å². The summed E-state index contributed by atoms with van der Waals surface area (Å²) in [5, 5.41) is 9.23. The number of hydrogen-bond donors (Lipinski definition) is 1. The van der Waals surface area contributed by atoms with Crippen molar-refractivity contribution in [1.82, 2.24) is 4.98 Å². The minimum Gasteiger partial charge on any atom is -0.383 e. The number of nitrogens with zero attached hydrogens (tertiary/aromatic N) is 2. The number of aryl methyl sites for hydroxylation is 3. The van der Waals surface area contributed by atoms with E-state index in [4.69, 9.17) is 5.73 Å². The van der Waals surface area contributed by atoms with Gasteiger partial charge in [-0.1, -0.05) is 17.7 Å². The van der Waals surface area contributed by atoms with Crippen LogP contribution < -0.4 is 5.73 Å². The van der Waals surface area contributed by atoms with Crippen LogP contribution in [0.2, 0.25) is 0 Å². The number of hydrogen-bond acceptors (Lipinski definition) is 3. The predicted molar refractivity (Wildman–Crippen MR) is 73.0 cm³/mol. The van der Waals surface area contributed by atoms with E-state index in [0.717, 1.165) is 22.3 Å². The van der Waals surface area contributed by atoms with Crippen molar-refractivity contribution in [2.75, 3.05) is 5.73 Å². The van der Waals surface area contributed by atoms with E-state index in [-0.39, 0.29) is 5.82 Å². The van der Waals surface area contributed by atoms with Gasteiger partial charge in [0.05, 0.1) is 0 Å². The topological polar surface area (TPSA) is 62.7 Å². The van der Waals surface area contributed by atoms with E-state index < -0.39 is 0 Å². The highest BCUT2D eigenvalue weighted by atomic mass is 14.8. The molecule has 1 heterocycles. The molecule has 3 heteroatoms. The zero-order valence-electron chi connectivity index (χ0n) is 10.8. The number of nitrogens with two attached hydrogens (primary N) is 1. The fraction of sp³-hybridized carbons (Fsp3) is 0.200. The van der Waals surface area contributed by atoms with Crippen molar-refractivity contribution in [3.05, 3.63) is 46.6 Å². The summed E-state index contributed by atoms with van der Waals surface area (Å²) in [6.45, 7) is 6.16. The molecule has 18 heavy (non-hydrogen) atoms. The zero-order chi connectivity index (χ0) is 13.3. The third kappa shape index (κ3) is 1.93. The third-order valence-electron chi connectivity index (χ3n) is 3.04. The lowest BCUT2D eigenvalue weighted by molar-refractivity contribution is 1.28. The maximum absolute atomic E-state index is 9.23. The van der Waals surface area contributed by atoms with Crippen molar-refractivity contribution >= 4 is 5.82 Å². The molecule has 0 spiro atoms. The predicted octanol–water partition coefficient (Wildman–Crippen LogP) is 3.13. The van der Waals surface area contributed by atoms with Crippen LogP contribution in [0.4, 0.5) is 5.82 Å². The summed E-state index contributed by atoms with van der Waals surface area (Å²) in [6, 6.07) is 8.21. The monoisotopic (exact) mass is 237 g/mol. The lowest BCUT2D eigenvalue weighted by atomic mass is 9.92. The molecular formula is C15H15N3.